The van der Waals surface area contributed by atoms with E-state index in [0.717, 1.165) is 4.47 Å². The van der Waals surface area contributed by atoms with Crippen molar-refractivity contribution in [1.82, 2.24) is 5.32 Å². The number of anilines is 1. The van der Waals surface area contributed by atoms with E-state index < -0.39 is 6.04 Å². The molecule has 2 rings (SSSR count). The van der Waals surface area contributed by atoms with Gasteiger partial charge in [0.2, 0.25) is 11.8 Å². The fourth-order valence-electron chi connectivity index (χ4n) is 1.78. The van der Waals surface area contributed by atoms with Crippen molar-refractivity contribution in [1.29, 1.82) is 0 Å². The van der Waals surface area contributed by atoms with E-state index in [9.17, 15) is 9.59 Å². The van der Waals surface area contributed by atoms with Crippen molar-refractivity contribution in [3.63, 3.8) is 0 Å². The molecule has 1 aromatic carbocycles. The quantitative estimate of drug-likeness (QED) is 0.892. The fourth-order valence-corrected chi connectivity index (χ4v) is 2.19. The van der Waals surface area contributed by atoms with Crippen LogP contribution in [0, 0.1) is 0 Å². The van der Waals surface area contributed by atoms with Crippen molar-refractivity contribution in [2.45, 2.75) is 18.9 Å². The molecular weight excluding hydrogens is 300 g/mol. The van der Waals surface area contributed by atoms with Gasteiger partial charge in [-0.05, 0) is 34.5 Å². The van der Waals surface area contributed by atoms with Crippen LogP contribution in [0.4, 0.5) is 5.69 Å². The van der Waals surface area contributed by atoms with Gasteiger partial charge in [0.1, 0.15) is 11.8 Å². The third-order valence-electron chi connectivity index (χ3n) is 2.73. The van der Waals surface area contributed by atoms with Gasteiger partial charge in [-0.15, -0.1) is 0 Å². The normalized spacial score (nSPS) is 18.3. The standard InChI is InChI=1S/C12H13BrN2O3/c1-18-10-6-7(2-3-8(10)13)14-12(17)9-4-5-11(16)15-9/h2-3,6,9H,4-5H2,1H3,(H,14,17)(H,15,16)/t9-/m0/s1. The van der Waals surface area contributed by atoms with Crippen molar-refractivity contribution < 1.29 is 14.3 Å². The zero-order valence-corrected chi connectivity index (χ0v) is 11.4. The molecule has 0 spiro atoms. The van der Waals surface area contributed by atoms with Gasteiger partial charge in [0, 0.05) is 18.2 Å². The average Bonchev–Trinajstić information content (AvgIpc) is 2.78. The van der Waals surface area contributed by atoms with Crippen LogP contribution in [0.1, 0.15) is 12.8 Å². The number of ether oxygens (including phenoxy) is 1. The first-order valence-corrected chi connectivity index (χ1v) is 6.33. The van der Waals surface area contributed by atoms with Crippen LogP contribution < -0.4 is 15.4 Å². The Kier molecular flexibility index (Phi) is 3.86. The van der Waals surface area contributed by atoms with E-state index in [1.807, 2.05) is 0 Å². The molecule has 1 atom stereocenters. The summed E-state index contributed by atoms with van der Waals surface area (Å²) >= 11 is 3.34. The van der Waals surface area contributed by atoms with Crippen molar-refractivity contribution in [3.8, 4) is 5.75 Å². The molecule has 2 amide bonds. The van der Waals surface area contributed by atoms with Gasteiger partial charge in [0.05, 0.1) is 11.6 Å². The Balaban J connectivity index is 2.05. The second-order valence-electron chi connectivity index (χ2n) is 4.00. The fraction of sp³-hybridized carbons (Fsp3) is 0.333. The molecule has 1 saturated heterocycles. The van der Waals surface area contributed by atoms with E-state index in [-0.39, 0.29) is 11.8 Å². The Bertz CT molecular complexity index is 490. The highest BCUT2D eigenvalue weighted by Crippen LogP contribution is 2.28. The molecule has 96 valence electrons. The summed E-state index contributed by atoms with van der Waals surface area (Å²) in [6, 6.07) is 4.84. The second-order valence-corrected chi connectivity index (χ2v) is 4.85. The summed E-state index contributed by atoms with van der Waals surface area (Å²) in [7, 11) is 1.56. The predicted octanol–water partition coefficient (Wildman–Crippen LogP) is 1.67. The average molecular weight is 313 g/mol. The van der Waals surface area contributed by atoms with Crippen LogP contribution in [0.25, 0.3) is 0 Å². The number of carbonyl (C=O) groups is 2. The Morgan fingerprint density at radius 3 is 2.94 bits per heavy atom. The Labute approximate surface area is 113 Å². The third kappa shape index (κ3) is 2.81. The number of carbonyl (C=O) groups excluding carboxylic acids is 2. The van der Waals surface area contributed by atoms with E-state index in [1.54, 1.807) is 25.3 Å². The number of nitrogens with one attached hydrogen (secondary N) is 2. The molecule has 0 unspecified atom stereocenters. The molecule has 2 N–H and O–H groups in total. The zero-order chi connectivity index (χ0) is 13.1. The highest BCUT2D eigenvalue weighted by Gasteiger charge is 2.27. The van der Waals surface area contributed by atoms with E-state index in [2.05, 4.69) is 26.6 Å². The summed E-state index contributed by atoms with van der Waals surface area (Å²) in [4.78, 5) is 22.9. The lowest BCUT2D eigenvalue weighted by molar-refractivity contribution is -0.122. The lowest BCUT2D eigenvalue weighted by atomic mass is 10.2. The van der Waals surface area contributed by atoms with Gasteiger partial charge in [-0.2, -0.15) is 0 Å². The summed E-state index contributed by atoms with van der Waals surface area (Å²) in [6.07, 6.45) is 0.945. The van der Waals surface area contributed by atoms with Crippen LogP contribution in [-0.4, -0.2) is 25.0 Å². The molecule has 6 heteroatoms. The maximum absolute atomic E-state index is 11.9. The van der Waals surface area contributed by atoms with Crippen LogP contribution >= 0.6 is 15.9 Å². The number of methoxy groups -OCH3 is 1. The van der Waals surface area contributed by atoms with Gasteiger partial charge < -0.3 is 15.4 Å². The SMILES string of the molecule is COc1cc(NC(=O)[C@@H]2CCC(=O)N2)ccc1Br. The minimum absolute atomic E-state index is 0.0801. The van der Waals surface area contributed by atoms with Gasteiger partial charge in [-0.3, -0.25) is 9.59 Å². The molecule has 18 heavy (non-hydrogen) atoms. The molecular formula is C12H13BrN2O3. The Morgan fingerprint density at radius 1 is 1.56 bits per heavy atom. The smallest absolute Gasteiger partial charge is 0.246 e. The van der Waals surface area contributed by atoms with Crippen molar-refractivity contribution >= 4 is 33.4 Å². The summed E-state index contributed by atoms with van der Waals surface area (Å²) in [5, 5.41) is 5.37. The van der Waals surface area contributed by atoms with Gasteiger partial charge in [-0.1, -0.05) is 0 Å². The largest absolute Gasteiger partial charge is 0.495 e. The summed E-state index contributed by atoms with van der Waals surface area (Å²) in [6.45, 7) is 0. The molecule has 0 radical (unpaired) electrons. The zero-order valence-electron chi connectivity index (χ0n) is 9.83. The highest BCUT2D eigenvalue weighted by molar-refractivity contribution is 9.10. The second kappa shape index (κ2) is 5.39. The topological polar surface area (TPSA) is 67.4 Å². The molecule has 1 heterocycles. The molecule has 0 aliphatic carbocycles. The first-order chi connectivity index (χ1) is 8.60. The minimum Gasteiger partial charge on any atom is -0.495 e. The molecule has 1 fully saturated rings. The van der Waals surface area contributed by atoms with Gasteiger partial charge in [0.15, 0.2) is 0 Å². The van der Waals surface area contributed by atoms with Crippen LogP contribution in [0.3, 0.4) is 0 Å². The van der Waals surface area contributed by atoms with Gasteiger partial charge in [-0.25, -0.2) is 0 Å². The van der Waals surface area contributed by atoms with Gasteiger partial charge in [0.25, 0.3) is 0 Å². The first kappa shape index (κ1) is 12.9. The molecule has 1 aromatic rings. The molecule has 1 aliphatic rings. The van der Waals surface area contributed by atoms with Crippen molar-refractivity contribution in [2.24, 2.45) is 0 Å². The Hall–Kier alpha value is -1.56. The van der Waals surface area contributed by atoms with E-state index in [4.69, 9.17) is 4.74 Å². The number of amides is 2. The predicted molar refractivity (Wildman–Crippen MR) is 70.5 cm³/mol. The number of benzene rings is 1. The van der Waals surface area contributed by atoms with Crippen LogP contribution in [0.15, 0.2) is 22.7 Å². The van der Waals surface area contributed by atoms with Gasteiger partial charge >= 0.3 is 0 Å². The maximum atomic E-state index is 11.9. The monoisotopic (exact) mass is 312 g/mol. The summed E-state index contributed by atoms with van der Waals surface area (Å²) in [5.74, 6) is 0.358. The number of halogens is 1. The van der Waals surface area contributed by atoms with E-state index in [1.165, 1.54) is 0 Å². The number of hydrogen-bond acceptors (Lipinski definition) is 3. The third-order valence-corrected chi connectivity index (χ3v) is 3.39. The van der Waals surface area contributed by atoms with Crippen LogP contribution in [0.2, 0.25) is 0 Å². The highest BCUT2D eigenvalue weighted by atomic mass is 79.9. The number of rotatable bonds is 3. The summed E-state index contributed by atoms with van der Waals surface area (Å²) in [5.41, 5.74) is 0.640. The van der Waals surface area contributed by atoms with E-state index in [0.29, 0.717) is 24.3 Å². The van der Waals surface area contributed by atoms with Crippen molar-refractivity contribution in [3.05, 3.63) is 22.7 Å². The summed E-state index contributed by atoms with van der Waals surface area (Å²) < 4.78 is 5.96. The van der Waals surface area contributed by atoms with Crippen LogP contribution in [0.5, 0.6) is 5.75 Å². The van der Waals surface area contributed by atoms with E-state index >= 15 is 0 Å². The molecule has 5 nitrogen and oxygen atoms in total. The minimum atomic E-state index is -0.438. The maximum Gasteiger partial charge on any atom is 0.246 e. The van der Waals surface area contributed by atoms with Crippen LogP contribution in [-0.2, 0) is 9.59 Å². The molecule has 1 aliphatic heterocycles. The molecule has 0 aromatic heterocycles. The molecule has 0 saturated carbocycles. The number of hydrogen-bond donors (Lipinski definition) is 2. The van der Waals surface area contributed by atoms with Crippen molar-refractivity contribution in [2.75, 3.05) is 12.4 Å². The lowest BCUT2D eigenvalue weighted by Gasteiger charge is -2.12. The lowest BCUT2D eigenvalue weighted by Crippen LogP contribution is -2.37. The first-order valence-electron chi connectivity index (χ1n) is 5.54. The Morgan fingerprint density at radius 2 is 2.33 bits per heavy atom. The molecule has 0 bridgehead atoms.